The second-order valence-corrected chi connectivity index (χ2v) is 6.16. The minimum absolute atomic E-state index is 0.0569. The highest BCUT2D eigenvalue weighted by Gasteiger charge is 2.29. The van der Waals surface area contributed by atoms with E-state index < -0.39 is 11.7 Å². The molecule has 0 bridgehead atoms. The van der Waals surface area contributed by atoms with Gasteiger partial charge in [-0.2, -0.15) is 33.6 Å². The van der Waals surface area contributed by atoms with Crippen molar-refractivity contribution in [1.82, 2.24) is 0 Å². The van der Waals surface area contributed by atoms with Crippen LogP contribution in [0.2, 0.25) is 0 Å². The van der Waals surface area contributed by atoms with Crippen molar-refractivity contribution >= 4 is 28.4 Å². The predicted octanol–water partition coefficient (Wildman–Crippen LogP) is 6.94. The Morgan fingerprint density at radius 2 is 1.00 bits per heavy atom. The molecule has 3 aromatic rings. The first-order chi connectivity index (χ1) is 14.4. The van der Waals surface area contributed by atoms with Crippen LogP contribution in [0.4, 0.5) is 41.6 Å². The third kappa shape index (κ3) is 6.21. The number of nitrogens with zero attached hydrogens (tertiary/aromatic N) is 4. The molecule has 0 aliphatic carbocycles. The van der Waals surface area contributed by atoms with Crippen molar-refractivity contribution in [1.29, 1.82) is 0 Å². The first-order valence-corrected chi connectivity index (χ1v) is 9.00. The monoisotopic (exact) mass is 413 g/mol. The molecule has 9 heteroatoms. The van der Waals surface area contributed by atoms with Crippen molar-refractivity contribution in [2.75, 3.05) is 18.5 Å². The SMILES string of the molecule is OCCNc1ccc(/N=N/c2ccc(/N=N/c3ccc(C(F)(F)F)cc3)cc2)cc1. The average Bonchev–Trinajstić information content (AvgIpc) is 2.76. The van der Waals surface area contributed by atoms with Gasteiger partial charge in [0.05, 0.1) is 34.9 Å². The summed E-state index contributed by atoms with van der Waals surface area (Å²) in [4.78, 5) is 0. The zero-order valence-corrected chi connectivity index (χ0v) is 15.7. The van der Waals surface area contributed by atoms with Crippen molar-refractivity contribution in [3.05, 3.63) is 78.4 Å². The Labute approximate surface area is 170 Å². The molecule has 0 saturated heterocycles. The van der Waals surface area contributed by atoms with E-state index >= 15 is 0 Å². The number of hydrogen-bond donors (Lipinski definition) is 2. The molecule has 0 fully saturated rings. The molecule has 0 unspecified atom stereocenters. The largest absolute Gasteiger partial charge is 0.416 e. The van der Waals surface area contributed by atoms with Crippen molar-refractivity contribution in [3.8, 4) is 0 Å². The van der Waals surface area contributed by atoms with Gasteiger partial charge in [0, 0.05) is 12.2 Å². The summed E-state index contributed by atoms with van der Waals surface area (Å²) in [6.07, 6.45) is -4.38. The summed E-state index contributed by atoms with van der Waals surface area (Å²) in [5, 5.41) is 28.1. The van der Waals surface area contributed by atoms with E-state index in [4.69, 9.17) is 5.11 Å². The Balaban J connectivity index is 1.59. The average molecular weight is 413 g/mol. The lowest BCUT2D eigenvalue weighted by Gasteiger charge is -2.05. The Hall–Kier alpha value is -3.59. The first kappa shape index (κ1) is 21.1. The van der Waals surface area contributed by atoms with E-state index in [0.717, 1.165) is 17.8 Å². The van der Waals surface area contributed by atoms with E-state index in [1.165, 1.54) is 12.1 Å². The molecule has 0 aliphatic heterocycles. The molecule has 0 saturated carbocycles. The molecule has 30 heavy (non-hydrogen) atoms. The van der Waals surface area contributed by atoms with Gasteiger partial charge in [-0.25, -0.2) is 0 Å². The lowest BCUT2D eigenvalue weighted by atomic mass is 10.2. The topological polar surface area (TPSA) is 81.7 Å². The van der Waals surface area contributed by atoms with Crippen molar-refractivity contribution in [3.63, 3.8) is 0 Å². The third-order valence-electron chi connectivity index (χ3n) is 3.91. The van der Waals surface area contributed by atoms with Gasteiger partial charge < -0.3 is 10.4 Å². The maximum atomic E-state index is 12.6. The Bertz CT molecular complexity index is 999. The first-order valence-electron chi connectivity index (χ1n) is 9.00. The fourth-order valence-corrected chi connectivity index (χ4v) is 2.38. The molecule has 0 atom stereocenters. The second kappa shape index (κ2) is 9.75. The summed E-state index contributed by atoms with van der Waals surface area (Å²) in [7, 11) is 0. The molecule has 3 aromatic carbocycles. The number of nitrogens with one attached hydrogen (secondary N) is 1. The minimum atomic E-state index is -4.38. The van der Waals surface area contributed by atoms with Gasteiger partial charge in [-0.3, -0.25) is 0 Å². The van der Waals surface area contributed by atoms with Crippen LogP contribution in [0.1, 0.15) is 5.56 Å². The number of aliphatic hydroxyl groups excluding tert-OH is 1. The van der Waals surface area contributed by atoms with E-state index in [1.54, 1.807) is 36.4 Å². The van der Waals surface area contributed by atoms with Crippen LogP contribution in [-0.2, 0) is 6.18 Å². The van der Waals surface area contributed by atoms with Gasteiger partial charge in [0.2, 0.25) is 0 Å². The van der Waals surface area contributed by atoms with Crippen molar-refractivity contribution in [2.45, 2.75) is 6.18 Å². The molecule has 0 spiro atoms. The summed E-state index contributed by atoms with van der Waals surface area (Å²) in [6.45, 7) is 0.533. The lowest BCUT2D eigenvalue weighted by Crippen LogP contribution is -2.04. The van der Waals surface area contributed by atoms with E-state index in [2.05, 4.69) is 25.8 Å². The molecule has 0 heterocycles. The van der Waals surface area contributed by atoms with E-state index in [9.17, 15) is 13.2 Å². The number of hydrogen-bond acceptors (Lipinski definition) is 6. The van der Waals surface area contributed by atoms with E-state index in [0.29, 0.717) is 29.3 Å². The molecular weight excluding hydrogens is 395 g/mol. The normalized spacial score (nSPS) is 12.0. The van der Waals surface area contributed by atoms with Gasteiger partial charge in [-0.05, 0) is 72.8 Å². The highest BCUT2D eigenvalue weighted by atomic mass is 19.4. The van der Waals surface area contributed by atoms with Crippen molar-refractivity contribution in [2.24, 2.45) is 20.5 Å². The Morgan fingerprint density at radius 3 is 1.37 bits per heavy atom. The molecule has 0 radical (unpaired) electrons. The fraction of sp³-hybridized carbons (Fsp3) is 0.143. The van der Waals surface area contributed by atoms with Gasteiger partial charge in [-0.15, -0.1) is 0 Å². The lowest BCUT2D eigenvalue weighted by molar-refractivity contribution is -0.137. The van der Waals surface area contributed by atoms with Crippen molar-refractivity contribution < 1.29 is 18.3 Å². The molecule has 6 nitrogen and oxygen atoms in total. The van der Waals surface area contributed by atoms with Gasteiger partial charge in [-0.1, -0.05) is 0 Å². The quantitative estimate of drug-likeness (QED) is 0.411. The van der Waals surface area contributed by atoms with Crippen LogP contribution in [-0.4, -0.2) is 18.3 Å². The van der Waals surface area contributed by atoms with Crippen LogP contribution in [0, 0.1) is 0 Å². The number of azo groups is 2. The molecule has 0 amide bonds. The van der Waals surface area contributed by atoms with Crippen LogP contribution >= 0.6 is 0 Å². The van der Waals surface area contributed by atoms with Gasteiger partial charge in [0.1, 0.15) is 0 Å². The van der Waals surface area contributed by atoms with Crippen LogP contribution in [0.3, 0.4) is 0 Å². The molecule has 154 valence electrons. The summed E-state index contributed by atoms with van der Waals surface area (Å²) in [5.41, 5.74) is 2.30. The summed E-state index contributed by atoms with van der Waals surface area (Å²) < 4.78 is 37.7. The minimum Gasteiger partial charge on any atom is -0.395 e. The van der Waals surface area contributed by atoms with Crippen LogP contribution in [0.25, 0.3) is 0 Å². The van der Waals surface area contributed by atoms with Gasteiger partial charge in [0.25, 0.3) is 0 Å². The van der Waals surface area contributed by atoms with Gasteiger partial charge in [0.15, 0.2) is 0 Å². The number of benzene rings is 3. The number of halogens is 3. The number of aliphatic hydroxyl groups is 1. The zero-order valence-electron chi connectivity index (χ0n) is 15.7. The summed E-state index contributed by atoms with van der Waals surface area (Å²) >= 11 is 0. The van der Waals surface area contributed by atoms with Crippen LogP contribution in [0.15, 0.2) is 93.3 Å². The maximum Gasteiger partial charge on any atom is 0.416 e. The third-order valence-corrected chi connectivity index (χ3v) is 3.91. The zero-order chi connectivity index (χ0) is 21.4. The Morgan fingerprint density at radius 1 is 0.633 bits per heavy atom. The number of alkyl halides is 3. The highest BCUT2D eigenvalue weighted by molar-refractivity contribution is 5.52. The second-order valence-electron chi connectivity index (χ2n) is 6.16. The van der Waals surface area contributed by atoms with Crippen LogP contribution < -0.4 is 5.32 Å². The molecule has 2 N–H and O–H groups in total. The predicted molar refractivity (Wildman–Crippen MR) is 108 cm³/mol. The smallest absolute Gasteiger partial charge is 0.395 e. The van der Waals surface area contributed by atoms with Crippen LogP contribution in [0.5, 0.6) is 0 Å². The Kier molecular flexibility index (Phi) is 6.87. The van der Waals surface area contributed by atoms with E-state index in [-0.39, 0.29) is 6.61 Å². The number of rotatable bonds is 7. The highest BCUT2D eigenvalue weighted by Crippen LogP contribution is 2.31. The number of anilines is 1. The molecule has 3 rings (SSSR count). The van der Waals surface area contributed by atoms with Gasteiger partial charge >= 0.3 is 6.18 Å². The summed E-state index contributed by atoms with van der Waals surface area (Å²) in [6, 6.07) is 18.5. The molecule has 0 aliphatic rings. The molecule has 0 aromatic heterocycles. The van der Waals surface area contributed by atoms with E-state index in [1.807, 2.05) is 12.1 Å². The maximum absolute atomic E-state index is 12.6. The fourth-order valence-electron chi connectivity index (χ4n) is 2.38. The molecular formula is C21H18F3N5O. The summed E-state index contributed by atoms with van der Waals surface area (Å²) in [5.74, 6) is 0. The standard InChI is InChI=1S/C21H18F3N5O/c22-21(23,24)15-1-3-17(4-2-15)26-28-19-9-11-20(12-10-19)29-27-18-7-5-16(6-8-18)25-13-14-30/h1-12,25,30H,13-14H2/b28-26+,29-27+.